The third-order valence-corrected chi connectivity index (χ3v) is 12.3. The summed E-state index contributed by atoms with van der Waals surface area (Å²) in [4.78, 5) is 82.1. The third-order valence-electron chi connectivity index (χ3n) is 12.3. The minimum Gasteiger partial charge on any atom is -0.507 e. The number of nitrogens with zero attached hydrogens (tertiary/aromatic N) is 2. The first-order chi connectivity index (χ1) is 26.6. The second-order valence-corrected chi connectivity index (χ2v) is 20.8. The molecule has 3 fully saturated rings. The molecule has 2 aromatic rings. The topological polar surface area (TPSA) is 173 Å². The predicted octanol–water partition coefficient (Wildman–Crippen LogP) is 5.93. The number of hydrogen-bond donors (Lipinski definition) is 4. The molecule has 12 nitrogen and oxygen atoms in total. The first-order valence-electron chi connectivity index (χ1n) is 20.4. The van der Waals surface area contributed by atoms with Gasteiger partial charge in [0.15, 0.2) is 0 Å². The molecule has 4 atom stereocenters. The van der Waals surface area contributed by atoms with Gasteiger partial charge in [0.1, 0.15) is 11.5 Å². The van der Waals surface area contributed by atoms with Crippen LogP contribution in [0.3, 0.4) is 0 Å². The van der Waals surface area contributed by atoms with E-state index in [9.17, 15) is 39.0 Å². The molecule has 2 aliphatic heterocycles. The fourth-order valence-electron chi connectivity index (χ4n) is 9.29. The Hall–Kier alpha value is -5.00. The van der Waals surface area contributed by atoms with E-state index in [0.717, 1.165) is 43.4 Å². The van der Waals surface area contributed by atoms with Crippen LogP contribution in [0.25, 0.3) is 0 Å². The highest BCUT2D eigenvalue weighted by Crippen LogP contribution is 2.57. The number of phenols is 2. The number of rotatable bonds is 8. The van der Waals surface area contributed by atoms with E-state index in [2.05, 4.69) is 10.9 Å². The zero-order chi connectivity index (χ0) is 43.2. The Labute approximate surface area is 341 Å². The standard InChI is InChI=1S/C46H60N4O8/c1-43(2,3)27-19-23(20-28(37(27)53)44(4,5)6)13-17-31(51)47-49-39(55)33-25-15-16-26(34(33)40(49)56)36-35(25)41(57)50(42(36)58)48-32(52)18-14-24-21-29(45(7,8)9)38(54)30(22-24)46(10,11)12/h15-16,19-22,25-26,33-36,53-54H,13-14,17-18H2,1-12H3,(H,47,51)(H,48,52). The highest BCUT2D eigenvalue weighted by Gasteiger charge is 2.69. The molecule has 2 saturated heterocycles. The third kappa shape index (κ3) is 7.54. The Morgan fingerprint density at radius 3 is 0.966 bits per heavy atom. The van der Waals surface area contributed by atoms with Crippen molar-refractivity contribution in [1.82, 2.24) is 20.9 Å². The molecular weight excluding hydrogens is 737 g/mol. The summed E-state index contributed by atoms with van der Waals surface area (Å²) in [5.41, 5.74) is 8.34. The minimum atomic E-state index is -0.944. The summed E-state index contributed by atoms with van der Waals surface area (Å²) in [6.07, 6.45) is 3.97. The number of allylic oxidation sites excluding steroid dienone is 2. The fraction of sp³-hybridized carbons (Fsp3) is 0.565. The largest absolute Gasteiger partial charge is 0.507 e. The summed E-state index contributed by atoms with van der Waals surface area (Å²) in [6.45, 7) is 24.1. The molecule has 7 rings (SSSR count). The Morgan fingerprint density at radius 2 is 0.741 bits per heavy atom. The first-order valence-corrected chi connectivity index (χ1v) is 20.4. The molecule has 12 heteroatoms. The van der Waals surface area contributed by atoms with E-state index in [4.69, 9.17) is 0 Å². The zero-order valence-electron chi connectivity index (χ0n) is 36.0. The Morgan fingerprint density at radius 1 is 0.500 bits per heavy atom. The van der Waals surface area contributed by atoms with E-state index < -0.39 is 71.0 Å². The molecule has 0 aromatic heterocycles. The number of phenolic OH excluding ortho intramolecular Hbond substituents is 2. The fourth-order valence-corrected chi connectivity index (χ4v) is 9.29. The number of hydrazine groups is 2. The Kier molecular flexibility index (Phi) is 10.6. The second-order valence-electron chi connectivity index (χ2n) is 20.8. The summed E-state index contributed by atoms with van der Waals surface area (Å²) in [6, 6.07) is 7.56. The van der Waals surface area contributed by atoms with Crippen LogP contribution in [0.15, 0.2) is 36.4 Å². The monoisotopic (exact) mass is 796 g/mol. The van der Waals surface area contributed by atoms with Crippen LogP contribution in [0.1, 0.15) is 129 Å². The van der Waals surface area contributed by atoms with Crippen molar-refractivity contribution < 1.29 is 39.0 Å². The van der Waals surface area contributed by atoms with Crippen LogP contribution in [0.2, 0.25) is 0 Å². The number of amides is 6. The summed E-state index contributed by atoms with van der Waals surface area (Å²) < 4.78 is 0. The lowest BCUT2D eigenvalue weighted by Gasteiger charge is -2.44. The molecule has 0 spiro atoms. The molecule has 2 aromatic carbocycles. The van der Waals surface area contributed by atoms with Gasteiger partial charge in [0.25, 0.3) is 23.6 Å². The number of imide groups is 2. The lowest BCUT2D eigenvalue weighted by Crippen LogP contribution is -2.50. The summed E-state index contributed by atoms with van der Waals surface area (Å²) in [5.74, 6) is -8.45. The lowest BCUT2D eigenvalue weighted by atomic mass is 9.54. The number of hydrogen-bond acceptors (Lipinski definition) is 8. The van der Waals surface area contributed by atoms with Crippen LogP contribution >= 0.6 is 0 Å². The van der Waals surface area contributed by atoms with Gasteiger partial charge in [-0.2, -0.15) is 10.0 Å². The van der Waals surface area contributed by atoms with Gasteiger partial charge < -0.3 is 10.2 Å². The van der Waals surface area contributed by atoms with Crippen LogP contribution < -0.4 is 10.9 Å². The maximum Gasteiger partial charge on any atom is 0.252 e. The maximum atomic E-state index is 13.9. The predicted molar refractivity (Wildman–Crippen MR) is 218 cm³/mol. The quantitative estimate of drug-likeness (QED) is 0.188. The normalized spacial score (nSPS) is 24.4. The average molecular weight is 797 g/mol. The molecule has 3 aliphatic carbocycles. The van der Waals surface area contributed by atoms with Crippen molar-refractivity contribution in [2.75, 3.05) is 0 Å². The van der Waals surface area contributed by atoms with Crippen molar-refractivity contribution in [2.45, 2.75) is 130 Å². The maximum absolute atomic E-state index is 13.9. The van der Waals surface area contributed by atoms with Crippen molar-refractivity contribution in [1.29, 1.82) is 0 Å². The second kappa shape index (κ2) is 14.4. The highest BCUT2D eigenvalue weighted by atomic mass is 16.3. The Balaban J connectivity index is 1.12. The lowest BCUT2D eigenvalue weighted by molar-refractivity contribution is -0.150. The smallest absolute Gasteiger partial charge is 0.252 e. The highest BCUT2D eigenvalue weighted by molar-refractivity contribution is 6.11. The summed E-state index contributed by atoms with van der Waals surface area (Å²) in [5, 5.41) is 23.7. The van der Waals surface area contributed by atoms with Crippen molar-refractivity contribution >= 4 is 35.4 Å². The Bertz CT molecular complexity index is 1860. The number of nitrogens with one attached hydrogen (secondary N) is 2. The van der Waals surface area contributed by atoms with Crippen molar-refractivity contribution in [3.8, 4) is 11.5 Å². The summed E-state index contributed by atoms with van der Waals surface area (Å²) in [7, 11) is 0. The van der Waals surface area contributed by atoms with Crippen molar-refractivity contribution in [3.05, 3.63) is 69.8 Å². The van der Waals surface area contributed by atoms with Gasteiger partial charge in [0.05, 0.1) is 23.7 Å². The van der Waals surface area contributed by atoms with Crippen molar-refractivity contribution in [3.63, 3.8) is 0 Å². The molecule has 0 radical (unpaired) electrons. The van der Waals surface area contributed by atoms with Gasteiger partial charge in [-0.05, 0) is 67.9 Å². The first kappa shape index (κ1) is 42.6. The molecule has 312 valence electrons. The SMILES string of the molecule is CC(C)(C)c1cc(CCC(=O)NN2C(=O)C3C4C=CC(C3C2=O)C2C(=O)N(NC(=O)CCc3cc(C(C)(C)C)c(O)c(C(C)(C)C)c3)C(=O)C42)cc(C(C)(C)C)c1O. The van der Waals surface area contributed by atoms with Crippen molar-refractivity contribution in [2.24, 2.45) is 35.5 Å². The van der Waals surface area contributed by atoms with Gasteiger partial charge in [-0.1, -0.05) is 120 Å². The molecular formula is C46H60N4O8. The van der Waals surface area contributed by atoms with Gasteiger partial charge in [0.2, 0.25) is 11.8 Å². The molecule has 6 amide bonds. The van der Waals surface area contributed by atoms with Crippen LogP contribution in [0.5, 0.6) is 11.5 Å². The van der Waals surface area contributed by atoms with Crippen LogP contribution in [-0.4, -0.2) is 55.7 Å². The minimum absolute atomic E-state index is 0.0332. The number of aromatic hydroxyl groups is 2. The van der Waals surface area contributed by atoms with Crippen LogP contribution in [0.4, 0.5) is 0 Å². The summed E-state index contributed by atoms with van der Waals surface area (Å²) >= 11 is 0. The molecule has 5 aliphatic rings. The molecule has 2 bridgehead atoms. The zero-order valence-corrected chi connectivity index (χ0v) is 36.0. The van der Waals surface area contributed by atoms with Gasteiger partial charge in [-0.3, -0.25) is 39.6 Å². The van der Waals surface area contributed by atoms with E-state index in [0.29, 0.717) is 12.8 Å². The number of carbonyl (C=O) groups excluding carboxylic acids is 6. The van der Waals surface area contributed by atoms with Crippen LogP contribution in [0, 0.1) is 35.5 Å². The van der Waals surface area contributed by atoms with Gasteiger partial charge in [-0.25, -0.2) is 0 Å². The molecule has 2 heterocycles. The van der Waals surface area contributed by atoms with E-state index in [1.54, 1.807) is 12.2 Å². The molecule has 58 heavy (non-hydrogen) atoms. The number of aryl methyl sites for hydroxylation is 2. The van der Waals surface area contributed by atoms with E-state index in [1.807, 2.05) is 107 Å². The van der Waals surface area contributed by atoms with E-state index >= 15 is 0 Å². The number of carbonyl (C=O) groups is 6. The van der Waals surface area contributed by atoms with Gasteiger partial charge in [0, 0.05) is 24.7 Å². The van der Waals surface area contributed by atoms with E-state index in [-0.39, 0.29) is 46.0 Å². The van der Waals surface area contributed by atoms with Crippen LogP contribution in [-0.2, 0) is 63.3 Å². The van der Waals surface area contributed by atoms with Gasteiger partial charge in [-0.15, -0.1) is 0 Å². The number of benzene rings is 2. The van der Waals surface area contributed by atoms with Gasteiger partial charge >= 0.3 is 0 Å². The molecule has 4 unspecified atom stereocenters. The molecule has 1 saturated carbocycles. The van der Waals surface area contributed by atoms with E-state index in [1.165, 1.54) is 0 Å². The molecule has 4 N–H and O–H groups in total. The average Bonchev–Trinajstić information content (AvgIpc) is 3.51.